The highest BCUT2D eigenvalue weighted by atomic mass is 79.9. The molecule has 6 nitrogen and oxygen atoms in total. The van der Waals surface area contributed by atoms with Gasteiger partial charge in [0, 0.05) is 29.2 Å². The molecule has 9 heteroatoms. The highest BCUT2D eigenvalue weighted by molar-refractivity contribution is 9.10. The van der Waals surface area contributed by atoms with Crippen LogP contribution in [-0.2, 0) is 19.5 Å². The highest BCUT2D eigenvalue weighted by Crippen LogP contribution is 2.33. The van der Waals surface area contributed by atoms with Crippen molar-refractivity contribution < 1.29 is 4.39 Å². The molecule has 3 aliphatic rings. The summed E-state index contributed by atoms with van der Waals surface area (Å²) in [5.41, 5.74) is 2.37. The average molecular weight is 519 g/mol. The second kappa shape index (κ2) is 9.03. The van der Waals surface area contributed by atoms with Gasteiger partial charge in [-0.3, -0.25) is 9.13 Å². The van der Waals surface area contributed by atoms with Gasteiger partial charge in [-0.05, 0) is 42.7 Å². The van der Waals surface area contributed by atoms with Crippen LogP contribution in [-0.4, -0.2) is 25.1 Å². The number of nitrogens with zero attached hydrogens (tertiary/aromatic N) is 4. The number of fused-ring (bicyclic) bond motifs is 3. The number of hydrogen-bond acceptors (Lipinski definition) is 4. The van der Waals surface area contributed by atoms with Crippen molar-refractivity contribution >= 4 is 34.2 Å². The maximum atomic E-state index is 13.6. The molecule has 0 radical (unpaired) electrons. The fourth-order valence-corrected chi connectivity index (χ4v) is 4.40. The summed E-state index contributed by atoms with van der Waals surface area (Å²) in [5.74, 6) is 1.62. The fraction of sp³-hybridized carbons (Fsp3) is 0.261. The standard InChI is InChI=1S/C23H21BrFN5O.ClH/c1-2-10-29-22-19(27-20(28-22)15-6-8-16(24)9-7-15)21-26-18(13-30(21)23(29)31)12-14-4-3-5-17(25)11-14;/h3-9,11,18,26H,2,10,12-13H2,1H3;1H. The van der Waals surface area contributed by atoms with Crippen LogP contribution in [0.5, 0.6) is 0 Å². The molecular formula is C23H22BrClFN5O. The maximum Gasteiger partial charge on any atom is 0.331 e. The zero-order valence-electron chi connectivity index (χ0n) is 17.4. The summed E-state index contributed by atoms with van der Waals surface area (Å²) in [6, 6.07) is 14.4. The Labute approximate surface area is 199 Å². The number of nitrogens with one attached hydrogen (secondary N) is 1. The average Bonchev–Trinajstić information content (AvgIpc) is 3.36. The molecule has 0 aromatic heterocycles. The molecule has 2 aromatic rings. The summed E-state index contributed by atoms with van der Waals surface area (Å²) in [7, 11) is 0. The van der Waals surface area contributed by atoms with E-state index in [1.807, 2.05) is 37.3 Å². The second-order valence-corrected chi connectivity index (χ2v) is 8.71. The van der Waals surface area contributed by atoms with Gasteiger partial charge in [0.1, 0.15) is 17.3 Å². The van der Waals surface area contributed by atoms with Crippen LogP contribution < -0.4 is 11.0 Å². The van der Waals surface area contributed by atoms with Crippen molar-refractivity contribution in [3.05, 3.63) is 74.9 Å². The molecule has 0 saturated carbocycles. The first-order valence-electron chi connectivity index (χ1n) is 10.3. The van der Waals surface area contributed by atoms with Gasteiger partial charge in [0.05, 0.1) is 0 Å². The van der Waals surface area contributed by atoms with Gasteiger partial charge >= 0.3 is 5.69 Å². The zero-order chi connectivity index (χ0) is 21.5. The molecule has 32 heavy (non-hydrogen) atoms. The third-order valence-electron chi connectivity index (χ3n) is 5.52. The van der Waals surface area contributed by atoms with Crippen LogP contribution in [0, 0.1) is 5.82 Å². The molecule has 1 unspecified atom stereocenters. The molecule has 0 saturated heterocycles. The van der Waals surface area contributed by atoms with E-state index in [0.29, 0.717) is 42.7 Å². The molecule has 3 aliphatic heterocycles. The van der Waals surface area contributed by atoms with Crippen molar-refractivity contribution in [1.82, 2.24) is 19.1 Å². The lowest BCUT2D eigenvalue weighted by molar-refractivity contribution is 0.559. The second-order valence-electron chi connectivity index (χ2n) is 7.80. The van der Waals surface area contributed by atoms with Gasteiger partial charge in [-0.2, -0.15) is 0 Å². The topological polar surface area (TPSA) is 64.7 Å². The van der Waals surface area contributed by atoms with Crippen molar-refractivity contribution in [3.63, 3.8) is 0 Å². The van der Waals surface area contributed by atoms with E-state index >= 15 is 0 Å². The van der Waals surface area contributed by atoms with E-state index in [0.717, 1.165) is 22.0 Å². The first-order chi connectivity index (χ1) is 15.0. The number of anilines is 1. The smallest absolute Gasteiger partial charge is 0.331 e. The number of imidazole rings is 1. The summed E-state index contributed by atoms with van der Waals surface area (Å²) in [6.45, 7) is 3.11. The van der Waals surface area contributed by atoms with Crippen molar-refractivity contribution in [2.45, 2.75) is 38.9 Å². The lowest BCUT2D eigenvalue weighted by Gasteiger charge is -2.13. The molecule has 0 spiro atoms. The molecule has 5 rings (SSSR count). The molecule has 3 heterocycles. The number of aromatic nitrogens is 4. The van der Waals surface area contributed by atoms with E-state index in [1.54, 1.807) is 15.2 Å². The zero-order valence-corrected chi connectivity index (χ0v) is 19.8. The lowest BCUT2D eigenvalue weighted by atomic mass is 10.1. The Hall–Kier alpha value is -2.71. The molecule has 0 amide bonds. The number of benzene rings is 2. The highest BCUT2D eigenvalue weighted by Gasteiger charge is 2.31. The quantitative estimate of drug-likeness (QED) is 0.405. The molecule has 0 bridgehead atoms. The minimum absolute atomic E-state index is 0. The Morgan fingerprint density at radius 2 is 1.97 bits per heavy atom. The monoisotopic (exact) mass is 517 g/mol. The van der Waals surface area contributed by atoms with Crippen LogP contribution in [0.3, 0.4) is 0 Å². The van der Waals surface area contributed by atoms with E-state index in [2.05, 4.69) is 21.2 Å². The molecular weight excluding hydrogens is 497 g/mol. The van der Waals surface area contributed by atoms with E-state index in [4.69, 9.17) is 9.97 Å². The molecule has 1 N–H and O–H groups in total. The Kier molecular flexibility index (Phi) is 6.35. The van der Waals surface area contributed by atoms with E-state index in [9.17, 15) is 9.18 Å². The van der Waals surface area contributed by atoms with E-state index < -0.39 is 0 Å². The lowest BCUT2D eigenvalue weighted by Crippen LogP contribution is -2.32. The van der Waals surface area contributed by atoms with Gasteiger partial charge in [-0.25, -0.2) is 19.2 Å². The molecule has 166 valence electrons. The van der Waals surface area contributed by atoms with Gasteiger partial charge in [-0.1, -0.05) is 47.1 Å². The van der Waals surface area contributed by atoms with E-state index in [-0.39, 0.29) is 30.0 Å². The summed E-state index contributed by atoms with van der Waals surface area (Å²) in [5, 5.41) is 3.45. The molecule has 1 atom stereocenters. The van der Waals surface area contributed by atoms with Gasteiger partial charge in [0.15, 0.2) is 11.6 Å². The first-order valence-corrected chi connectivity index (χ1v) is 11.1. The van der Waals surface area contributed by atoms with Gasteiger partial charge in [-0.15, -0.1) is 12.4 Å². The number of rotatable bonds is 5. The van der Waals surface area contributed by atoms with Crippen LogP contribution >= 0.6 is 28.3 Å². The SMILES string of the molecule is CCCn1c2nc(-c3ccc(Br)cc3)nc-2c2n(c1=O)CC(Cc1cccc(F)c1)N2.Cl. The summed E-state index contributed by atoms with van der Waals surface area (Å²) >= 11 is 3.45. The van der Waals surface area contributed by atoms with Crippen LogP contribution in [0.4, 0.5) is 10.2 Å². The van der Waals surface area contributed by atoms with Crippen LogP contribution in [0.2, 0.25) is 0 Å². The molecule has 0 aliphatic carbocycles. The summed E-state index contributed by atoms with van der Waals surface area (Å²) in [6.07, 6.45) is 1.43. The van der Waals surface area contributed by atoms with Crippen molar-refractivity contribution in [1.29, 1.82) is 0 Å². The van der Waals surface area contributed by atoms with Gasteiger partial charge < -0.3 is 5.32 Å². The van der Waals surface area contributed by atoms with Crippen LogP contribution in [0.1, 0.15) is 18.9 Å². The minimum Gasteiger partial charge on any atom is -0.365 e. The molecule has 0 fully saturated rings. The fourth-order valence-electron chi connectivity index (χ4n) is 4.13. The van der Waals surface area contributed by atoms with E-state index in [1.165, 1.54) is 12.1 Å². The van der Waals surface area contributed by atoms with Gasteiger partial charge in [0.25, 0.3) is 0 Å². The largest absolute Gasteiger partial charge is 0.365 e. The third-order valence-corrected chi connectivity index (χ3v) is 6.05. The molecule has 2 aromatic carbocycles. The third kappa shape index (κ3) is 4.04. The first kappa shape index (κ1) is 22.5. The Balaban J connectivity index is 0.00000245. The Morgan fingerprint density at radius 1 is 1.19 bits per heavy atom. The van der Waals surface area contributed by atoms with Gasteiger partial charge in [0.2, 0.25) is 0 Å². The van der Waals surface area contributed by atoms with Crippen molar-refractivity contribution in [2.24, 2.45) is 0 Å². The number of hydrogen-bond donors (Lipinski definition) is 1. The summed E-state index contributed by atoms with van der Waals surface area (Å²) in [4.78, 5) is 22.8. The predicted molar refractivity (Wildman–Crippen MR) is 129 cm³/mol. The normalized spacial score (nSPS) is 14.8. The summed E-state index contributed by atoms with van der Waals surface area (Å²) < 4.78 is 18.0. The van der Waals surface area contributed by atoms with Crippen molar-refractivity contribution in [2.75, 3.05) is 5.32 Å². The predicted octanol–water partition coefficient (Wildman–Crippen LogP) is 4.98. The van der Waals surface area contributed by atoms with Crippen LogP contribution in [0.25, 0.3) is 22.9 Å². The maximum absolute atomic E-state index is 13.6. The van der Waals surface area contributed by atoms with Crippen LogP contribution in [0.15, 0.2) is 57.8 Å². The number of halogens is 3. The Morgan fingerprint density at radius 3 is 2.69 bits per heavy atom. The Bertz CT molecular complexity index is 1290. The van der Waals surface area contributed by atoms with Crippen molar-refractivity contribution in [3.8, 4) is 22.9 Å². The minimum atomic E-state index is -0.255.